The van der Waals surface area contributed by atoms with Gasteiger partial charge in [0.05, 0.1) is 5.56 Å². The van der Waals surface area contributed by atoms with Crippen LogP contribution in [0.2, 0.25) is 0 Å². The van der Waals surface area contributed by atoms with Crippen molar-refractivity contribution in [2.45, 2.75) is 6.54 Å². The van der Waals surface area contributed by atoms with Gasteiger partial charge >= 0.3 is 0 Å². The molecule has 0 unspecified atom stereocenters. The van der Waals surface area contributed by atoms with Crippen LogP contribution in [0.5, 0.6) is 11.5 Å². The Hall–Kier alpha value is -2.56. The highest BCUT2D eigenvalue weighted by Gasteiger charge is 2.16. The van der Waals surface area contributed by atoms with Crippen molar-refractivity contribution in [2.75, 3.05) is 7.05 Å². The number of hydrogen-bond donors (Lipinski definition) is 2. The first-order chi connectivity index (χ1) is 9.47. The summed E-state index contributed by atoms with van der Waals surface area (Å²) in [6.07, 6.45) is 0. The van der Waals surface area contributed by atoms with Gasteiger partial charge in [0.15, 0.2) is 0 Å². The van der Waals surface area contributed by atoms with Crippen molar-refractivity contribution in [2.24, 2.45) is 0 Å². The molecule has 1 amide bonds. The van der Waals surface area contributed by atoms with Gasteiger partial charge in [0.25, 0.3) is 5.91 Å². The summed E-state index contributed by atoms with van der Waals surface area (Å²) in [6.45, 7) is 0.291. The summed E-state index contributed by atoms with van der Waals surface area (Å²) in [6, 6.07) is 9.84. The van der Waals surface area contributed by atoms with E-state index in [-0.39, 0.29) is 17.1 Å². The SMILES string of the molecule is CN(Cc1ccc(O)cc1)C(=O)c1ccc(O)cc1F. The molecule has 0 bridgehead atoms. The van der Waals surface area contributed by atoms with Gasteiger partial charge in [0.1, 0.15) is 17.3 Å². The van der Waals surface area contributed by atoms with Crippen LogP contribution in [0.15, 0.2) is 42.5 Å². The average molecular weight is 275 g/mol. The number of aromatic hydroxyl groups is 2. The lowest BCUT2D eigenvalue weighted by molar-refractivity contribution is 0.0780. The van der Waals surface area contributed by atoms with Crippen LogP contribution in [-0.2, 0) is 6.54 Å². The standard InChI is InChI=1S/C15H14FNO3/c1-17(9-10-2-4-11(18)5-3-10)15(20)13-7-6-12(19)8-14(13)16/h2-8,18-19H,9H2,1H3. The van der Waals surface area contributed by atoms with Gasteiger partial charge in [-0.15, -0.1) is 0 Å². The second-order valence-electron chi connectivity index (χ2n) is 4.49. The van der Waals surface area contributed by atoms with Crippen molar-refractivity contribution in [1.29, 1.82) is 0 Å². The summed E-state index contributed by atoms with van der Waals surface area (Å²) in [5.41, 5.74) is 0.724. The fourth-order valence-electron chi connectivity index (χ4n) is 1.83. The van der Waals surface area contributed by atoms with Crippen LogP contribution in [-0.4, -0.2) is 28.1 Å². The highest BCUT2D eigenvalue weighted by Crippen LogP contribution is 2.18. The summed E-state index contributed by atoms with van der Waals surface area (Å²) in [7, 11) is 1.56. The number of phenols is 2. The summed E-state index contributed by atoms with van der Waals surface area (Å²) in [5.74, 6) is -1.31. The molecule has 0 aliphatic carbocycles. The molecule has 20 heavy (non-hydrogen) atoms. The third kappa shape index (κ3) is 3.06. The quantitative estimate of drug-likeness (QED) is 0.904. The monoisotopic (exact) mass is 275 g/mol. The Labute approximate surface area is 115 Å². The van der Waals surface area contributed by atoms with E-state index < -0.39 is 11.7 Å². The van der Waals surface area contributed by atoms with Gasteiger partial charge in [0, 0.05) is 19.7 Å². The lowest BCUT2D eigenvalue weighted by Gasteiger charge is -2.17. The first-order valence-corrected chi connectivity index (χ1v) is 5.99. The highest BCUT2D eigenvalue weighted by atomic mass is 19.1. The van der Waals surface area contributed by atoms with E-state index in [9.17, 15) is 14.3 Å². The van der Waals surface area contributed by atoms with Crippen LogP contribution in [0, 0.1) is 5.82 Å². The molecule has 0 aliphatic heterocycles. The molecular weight excluding hydrogens is 261 g/mol. The molecule has 0 fully saturated rings. The topological polar surface area (TPSA) is 60.8 Å². The van der Waals surface area contributed by atoms with Crippen molar-refractivity contribution >= 4 is 5.91 Å². The predicted molar refractivity (Wildman–Crippen MR) is 72.0 cm³/mol. The van der Waals surface area contributed by atoms with E-state index in [0.29, 0.717) is 6.54 Å². The minimum Gasteiger partial charge on any atom is -0.508 e. The lowest BCUT2D eigenvalue weighted by Crippen LogP contribution is -2.26. The maximum Gasteiger partial charge on any atom is 0.256 e. The molecular formula is C15H14FNO3. The summed E-state index contributed by atoms with van der Waals surface area (Å²) in [4.78, 5) is 13.5. The molecule has 2 aromatic carbocycles. The van der Waals surface area contributed by atoms with Crippen molar-refractivity contribution in [1.82, 2.24) is 4.90 Å². The molecule has 0 spiro atoms. The van der Waals surface area contributed by atoms with Crippen LogP contribution in [0.3, 0.4) is 0 Å². The zero-order valence-corrected chi connectivity index (χ0v) is 10.9. The number of amides is 1. The molecule has 0 radical (unpaired) electrons. The first-order valence-electron chi connectivity index (χ1n) is 5.99. The zero-order chi connectivity index (χ0) is 14.7. The molecule has 0 saturated heterocycles. The third-order valence-electron chi connectivity index (χ3n) is 2.89. The number of hydrogen-bond acceptors (Lipinski definition) is 3. The lowest BCUT2D eigenvalue weighted by atomic mass is 10.1. The molecule has 2 N–H and O–H groups in total. The molecule has 0 aliphatic rings. The first kappa shape index (κ1) is 13.9. The Bertz CT molecular complexity index is 626. The molecule has 0 saturated carbocycles. The van der Waals surface area contributed by atoms with Gasteiger partial charge in [-0.3, -0.25) is 4.79 Å². The van der Waals surface area contributed by atoms with Gasteiger partial charge in [-0.05, 0) is 29.8 Å². The van der Waals surface area contributed by atoms with E-state index in [2.05, 4.69) is 0 Å². The fraction of sp³-hybridized carbons (Fsp3) is 0.133. The van der Waals surface area contributed by atoms with Gasteiger partial charge in [-0.2, -0.15) is 0 Å². The third-order valence-corrected chi connectivity index (χ3v) is 2.89. The highest BCUT2D eigenvalue weighted by molar-refractivity contribution is 5.94. The Morgan fingerprint density at radius 3 is 2.30 bits per heavy atom. The van der Waals surface area contributed by atoms with Gasteiger partial charge < -0.3 is 15.1 Å². The molecule has 0 aromatic heterocycles. The van der Waals surface area contributed by atoms with E-state index in [4.69, 9.17) is 5.11 Å². The number of carbonyl (C=O) groups is 1. The van der Waals surface area contributed by atoms with Gasteiger partial charge in [0.2, 0.25) is 0 Å². The number of phenolic OH excluding ortho intramolecular Hbond substituents is 2. The van der Waals surface area contributed by atoms with Crippen LogP contribution in [0.4, 0.5) is 4.39 Å². The van der Waals surface area contributed by atoms with Gasteiger partial charge in [-0.25, -0.2) is 4.39 Å². The zero-order valence-electron chi connectivity index (χ0n) is 10.9. The summed E-state index contributed by atoms with van der Waals surface area (Å²) in [5, 5.41) is 18.3. The van der Waals surface area contributed by atoms with E-state index in [1.807, 2.05) is 0 Å². The molecule has 2 aromatic rings. The molecule has 4 nitrogen and oxygen atoms in total. The van der Waals surface area contributed by atoms with Crippen LogP contribution in [0.1, 0.15) is 15.9 Å². The molecule has 5 heteroatoms. The van der Waals surface area contributed by atoms with Crippen LogP contribution < -0.4 is 0 Å². The summed E-state index contributed by atoms with van der Waals surface area (Å²) < 4.78 is 13.6. The largest absolute Gasteiger partial charge is 0.508 e. The second kappa shape index (κ2) is 5.61. The fourth-order valence-corrected chi connectivity index (χ4v) is 1.83. The number of halogens is 1. The smallest absolute Gasteiger partial charge is 0.256 e. The van der Waals surface area contributed by atoms with Crippen molar-refractivity contribution in [3.63, 3.8) is 0 Å². The van der Waals surface area contributed by atoms with Crippen molar-refractivity contribution < 1.29 is 19.4 Å². The number of benzene rings is 2. The van der Waals surface area contributed by atoms with Crippen LogP contribution in [0.25, 0.3) is 0 Å². The van der Waals surface area contributed by atoms with Gasteiger partial charge in [-0.1, -0.05) is 12.1 Å². The maximum absolute atomic E-state index is 13.6. The Balaban J connectivity index is 2.14. The molecule has 2 rings (SSSR count). The normalized spacial score (nSPS) is 10.3. The predicted octanol–water partition coefficient (Wildman–Crippen LogP) is 2.51. The maximum atomic E-state index is 13.6. The Morgan fingerprint density at radius 1 is 1.10 bits per heavy atom. The minimum atomic E-state index is -0.757. The average Bonchev–Trinajstić information content (AvgIpc) is 2.40. The van der Waals surface area contributed by atoms with E-state index in [1.165, 1.54) is 29.2 Å². The van der Waals surface area contributed by atoms with Crippen LogP contribution >= 0.6 is 0 Å². The summed E-state index contributed by atoms with van der Waals surface area (Å²) >= 11 is 0. The molecule has 0 atom stereocenters. The Morgan fingerprint density at radius 2 is 1.70 bits per heavy atom. The molecule has 104 valence electrons. The van der Waals surface area contributed by atoms with E-state index >= 15 is 0 Å². The number of rotatable bonds is 3. The molecule has 0 heterocycles. The van der Waals surface area contributed by atoms with Crippen molar-refractivity contribution in [3.05, 3.63) is 59.4 Å². The number of nitrogens with zero attached hydrogens (tertiary/aromatic N) is 1. The van der Waals surface area contributed by atoms with E-state index in [0.717, 1.165) is 11.6 Å². The Kier molecular flexibility index (Phi) is 3.89. The number of carbonyl (C=O) groups excluding carboxylic acids is 1. The van der Waals surface area contributed by atoms with Crippen molar-refractivity contribution in [3.8, 4) is 11.5 Å². The second-order valence-corrected chi connectivity index (χ2v) is 4.49. The minimum absolute atomic E-state index is 0.0934. The van der Waals surface area contributed by atoms with E-state index in [1.54, 1.807) is 19.2 Å².